The number of allylic oxidation sites excluding steroid dienone is 8. The molecule has 0 aliphatic heterocycles. The largest absolute Gasteiger partial charge is 0.507 e. The van der Waals surface area contributed by atoms with Gasteiger partial charge >= 0.3 is 0 Å². The highest BCUT2D eigenvalue weighted by Gasteiger charge is 2.31. The zero-order valence-electron chi connectivity index (χ0n) is 30.0. The van der Waals surface area contributed by atoms with E-state index in [0.29, 0.717) is 33.4 Å². The molecule has 0 heterocycles. The Bertz CT molecular complexity index is 2250. The Morgan fingerprint density at radius 1 is 0.491 bits per heavy atom. The number of carbonyl (C=O) groups is 7. The number of carbonyl (C=O) groups excluding carboxylic acids is 7. The SMILES string of the molecule is Cc1ccc(C)c2c1C(=O)C=CC2=O.Cc1cccc2c1C(=O)C=CC2=O.N=C1C=CC(=O)c2c(N)ccc(O)c21.NC1C=CC(N)C2=C1C(=O)C=CC2=O. The molecule has 0 radical (unpaired) electrons. The quantitative estimate of drug-likeness (QED) is 0.0933. The van der Waals surface area contributed by atoms with Crippen LogP contribution in [0.4, 0.5) is 5.69 Å². The fourth-order valence-electron chi connectivity index (χ4n) is 6.48. The summed E-state index contributed by atoms with van der Waals surface area (Å²) < 4.78 is 0. The molecular formula is C43H36N4O8. The molecule has 3 aromatic rings. The highest BCUT2D eigenvalue weighted by Crippen LogP contribution is 2.30. The molecule has 0 aromatic heterocycles. The summed E-state index contributed by atoms with van der Waals surface area (Å²) in [6.07, 6.45) is 13.8. The summed E-state index contributed by atoms with van der Waals surface area (Å²) in [5.41, 5.74) is 23.3. The predicted molar refractivity (Wildman–Crippen MR) is 207 cm³/mol. The van der Waals surface area contributed by atoms with Gasteiger partial charge in [0, 0.05) is 39.1 Å². The van der Waals surface area contributed by atoms with Gasteiger partial charge in [-0.2, -0.15) is 0 Å². The number of ketones is 7. The summed E-state index contributed by atoms with van der Waals surface area (Å²) >= 11 is 0. The molecule has 2 unspecified atom stereocenters. The van der Waals surface area contributed by atoms with Crippen LogP contribution in [-0.2, 0) is 9.59 Å². The topological polar surface area (TPSA) is 242 Å². The molecule has 0 bridgehead atoms. The van der Waals surface area contributed by atoms with Crippen LogP contribution >= 0.6 is 0 Å². The van der Waals surface area contributed by atoms with E-state index in [2.05, 4.69) is 0 Å². The summed E-state index contributed by atoms with van der Waals surface area (Å²) in [6.45, 7) is 5.54. The van der Waals surface area contributed by atoms with Gasteiger partial charge in [-0.1, -0.05) is 42.5 Å². The Hall–Kier alpha value is -7.02. The zero-order valence-corrected chi connectivity index (χ0v) is 30.0. The number of hydrogen-bond acceptors (Lipinski definition) is 12. The Morgan fingerprint density at radius 2 is 0.909 bits per heavy atom. The highest BCUT2D eigenvalue weighted by molar-refractivity contribution is 6.26. The zero-order chi connectivity index (χ0) is 40.3. The number of fused-ring (bicyclic) bond motifs is 3. The maximum Gasteiger partial charge on any atom is 0.188 e. The van der Waals surface area contributed by atoms with Gasteiger partial charge in [-0.3, -0.25) is 33.6 Å². The molecule has 0 saturated carbocycles. The van der Waals surface area contributed by atoms with E-state index in [1.165, 1.54) is 60.7 Å². The number of hydrogen-bond donors (Lipinski definition) is 5. The van der Waals surface area contributed by atoms with Crippen molar-refractivity contribution < 1.29 is 38.7 Å². The van der Waals surface area contributed by atoms with E-state index in [4.69, 9.17) is 22.6 Å². The molecule has 0 fully saturated rings. The van der Waals surface area contributed by atoms with E-state index < -0.39 is 12.1 Å². The first-order valence-corrected chi connectivity index (χ1v) is 16.9. The van der Waals surface area contributed by atoms with Crippen LogP contribution in [0.2, 0.25) is 0 Å². The van der Waals surface area contributed by atoms with Gasteiger partial charge in [-0.25, -0.2) is 0 Å². The lowest BCUT2D eigenvalue weighted by molar-refractivity contribution is -0.115. The third-order valence-electron chi connectivity index (χ3n) is 9.20. The summed E-state index contributed by atoms with van der Waals surface area (Å²) in [6, 6.07) is 10.9. The monoisotopic (exact) mass is 736 g/mol. The highest BCUT2D eigenvalue weighted by atomic mass is 16.3. The van der Waals surface area contributed by atoms with Gasteiger partial charge in [0.05, 0.1) is 28.9 Å². The normalized spacial score (nSPS) is 18.6. The van der Waals surface area contributed by atoms with Crippen LogP contribution in [0, 0.1) is 26.2 Å². The first kappa shape index (κ1) is 39.2. The number of nitrogens with two attached hydrogens (primary N) is 3. The maximum atomic E-state index is 11.6. The van der Waals surface area contributed by atoms with E-state index in [1.54, 1.807) is 24.3 Å². The average Bonchev–Trinajstić information content (AvgIpc) is 3.15. The molecule has 0 saturated heterocycles. The number of anilines is 1. The lowest BCUT2D eigenvalue weighted by Crippen LogP contribution is -2.39. The van der Waals surface area contributed by atoms with E-state index in [0.717, 1.165) is 16.7 Å². The minimum atomic E-state index is -0.508. The lowest BCUT2D eigenvalue weighted by atomic mass is 9.82. The van der Waals surface area contributed by atoms with Crippen LogP contribution < -0.4 is 17.2 Å². The number of nitrogens with one attached hydrogen (secondary N) is 1. The number of phenols is 1. The molecule has 55 heavy (non-hydrogen) atoms. The van der Waals surface area contributed by atoms with E-state index in [-0.39, 0.29) is 68.8 Å². The Labute approximate surface area is 315 Å². The van der Waals surface area contributed by atoms with Crippen LogP contribution in [0.5, 0.6) is 5.75 Å². The van der Waals surface area contributed by atoms with Crippen LogP contribution in [0.1, 0.15) is 74.0 Å². The summed E-state index contributed by atoms with van der Waals surface area (Å²) in [7, 11) is 0. The molecule has 3 aromatic carbocycles. The molecular weight excluding hydrogens is 700 g/mol. The van der Waals surface area contributed by atoms with E-state index in [9.17, 15) is 38.7 Å². The van der Waals surface area contributed by atoms with Crippen molar-refractivity contribution in [3.8, 4) is 5.75 Å². The summed E-state index contributed by atoms with van der Waals surface area (Å²) in [5.74, 6) is -1.09. The second-order valence-electron chi connectivity index (χ2n) is 12.9. The molecule has 5 aliphatic rings. The van der Waals surface area contributed by atoms with Crippen molar-refractivity contribution in [2.24, 2.45) is 11.5 Å². The molecule has 12 nitrogen and oxygen atoms in total. The minimum absolute atomic E-state index is 0.0687. The predicted octanol–water partition coefficient (Wildman–Crippen LogP) is 4.48. The summed E-state index contributed by atoms with van der Waals surface area (Å²) in [5, 5.41) is 17.0. The Morgan fingerprint density at radius 3 is 1.40 bits per heavy atom. The standard InChI is InChI=1S/C12H10O2.C11H8O2.C10H8N2O2.C10H10N2O2/c1-7-3-4-8(2)12-10(14)6-5-9(13)11(7)12;1-7-3-2-4-8-9(12)5-6-10(13)11(7)8;11-5-1-3-7(13)10-6(12)2-4-8(14)9(5)10;11-5-1-2-6(12)10-8(14)4-3-7(13)9(5)10/h3-6H,1-2H3;2-6H,1H3;1-4,11,14H,12H2;1-6H,11-12H2. The van der Waals surface area contributed by atoms with Crippen molar-refractivity contribution in [1.29, 1.82) is 5.41 Å². The molecule has 8 rings (SSSR count). The van der Waals surface area contributed by atoms with Gasteiger partial charge in [0.25, 0.3) is 0 Å². The molecule has 8 N–H and O–H groups in total. The lowest BCUT2D eigenvalue weighted by Gasteiger charge is -2.24. The molecule has 12 heteroatoms. The van der Waals surface area contributed by atoms with Gasteiger partial charge in [-0.05, 0) is 98.2 Å². The third-order valence-corrected chi connectivity index (χ3v) is 9.20. The van der Waals surface area contributed by atoms with Gasteiger partial charge < -0.3 is 27.7 Å². The molecule has 0 amide bonds. The van der Waals surface area contributed by atoms with Crippen LogP contribution in [0.25, 0.3) is 0 Å². The van der Waals surface area contributed by atoms with Crippen molar-refractivity contribution >= 4 is 51.9 Å². The number of phenolic OH excluding ortho intramolecular Hbond substituents is 1. The fraction of sp³-hybridized carbons (Fsp3) is 0.116. The number of benzene rings is 3. The number of nitrogen functional groups attached to an aromatic ring is 1. The second-order valence-corrected chi connectivity index (χ2v) is 12.9. The first-order chi connectivity index (χ1) is 26.0. The molecule has 276 valence electrons. The van der Waals surface area contributed by atoms with E-state index >= 15 is 0 Å². The van der Waals surface area contributed by atoms with Crippen LogP contribution in [0.3, 0.4) is 0 Å². The van der Waals surface area contributed by atoms with Crippen molar-refractivity contribution in [2.45, 2.75) is 32.9 Å². The first-order valence-electron chi connectivity index (χ1n) is 16.9. The minimum Gasteiger partial charge on any atom is -0.507 e. The second kappa shape index (κ2) is 15.9. The Balaban J connectivity index is 0.000000141. The number of aromatic hydroxyl groups is 1. The number of aryl methyl sites for hydroxylation is 3. The molecule has 2 atom stereocenters. The maximum absolute atomic E-state index is 11.6. The smallest absolute Gasteiger partial charge is 0.188 e. The van der Waals surface area contributed by atoms with Crippen LogP contribution in [-0.4, -0.2) is 63.4 Å². The van der Waals surface area contributed by atoms with Crippen molar-refractivity contribution in [1.82, 2.24) is 0 Å². The third kappa shape index (κ3) is 7.86. The molecule has 5 aliphatic carbocycles. The van der Waals surface area contributed by atoms with Gasteiger partial charge in [0.1, 0.15) is 5.75 Å². The van der Waals surface area contributed by atoms with E-state index in [1.807, 2.05) is 39.0 Å². The van der Waals surface area contributed by atoms with Crippen molar-refractivity contribution in [3.63, 3.8) is 0 Å². The van der Waals surface area contributed by atoms with Crippen molar-refractivity contribution in [3.05, 3.63) is 164 Å². The molecule has 0 spiro atoms. The van der Waals surface area contributed by atoms with Crippen molar-refractivity contribution in [2.75, 3.05) is 5.73 Å². The van der Waals surface area contributed by atoms with Gasteiger partial charge in [-0.15, -0.1) is 0 Å². The fourth-order valence-corrected chi connectivity index (χ4v) is 6.48. The van der Waals surface area contributed by atoms with Gasteiger partial charge in [0.15, 0.2) is 40.5 Å². The number of rotatable bonds is 0. The van der Waals surface area contributed by atoms with Crippen LogP contribution in [0.15, 0.2) is 114 Å². The Kier molecular flexibility index (Phi) is 11.3. The summed E-state index contributed by atoms with van der Waals surface area (Å²) in [4.78, 5) is 80.2. The van der Waals surface area contributed by atoms with Gasteiger partial charge in [0.2, 0.25) is 0 Å². The average molecular weight is 737 g/mol.